The van der Waals surface area contributed by atoms with Crippen LogP contribution in [0.25, 0.3) is 90.9 Å². The third-order valence-electron chi connectivity index (χ3n) is 13.1. The van der Waals surface area contributed by atoms with E-state index >= 15 is 0 Å². The number of nitrogens with one attached hydrogen (secondary N) is 6. The number of hydrogen-bond acceptors (Lipinski definition) is 7. The van der Waals surface area contributed by atoms with E-state index < -0.39 is 17.8 Å². The summed E-state index contributed by atoms with van der Waals surface area (Å²) in [5.41, 5.74) is 12.4. The minimum absolute atomic E-state index is 0.243. The minimum Gasteiger partial charge on any atom is -0.481 e. The van der Waals surface area contributed by atoms with E-state index in [0.717, 1.165) is 12.8 Å². The summed E-state index contributed by atoms with van der Waals surface area (Å²) in [6.07, 6.45) is 10.1. The molecular weight excluding hydrogens is 905 g/mol. The fourth-order valence-corrected chi connectivity index (χ4v) is 10.1. The van der Waals surface area contributed by atoms with E-state index in [2.05, 4.69) is 31.2 Å². The molecule has 7 N–H and O–H groups in total. The Bertz CT molecular complexity index is 3560. The molecule has 72 heavy (non-hydrogen) atoms. The number of amides is 4. The Hall–Kier alpha value is -9.17. The van der Waals surface area contributed by atoms with Gasteiger partial charge in [-0.3, -0.25) is 24.0 Å². The van der Waals surface area contributed by atoms with Crippen LogP contribution in [0.3, 0.4) is 0 Å². The van der Waals surface area contributed by atoms with Crippen LogP contribution in [0, 0.1) is 11.8 Å². The normalized spacial score (nSPS) is 14.9. The van der Waals surface area contributed by atoms with Crippen LogP contribution >= 0.6 is 0 Å². The number of aliphatic carboxylic acids is 1. The molecule has 3 aromatic heterocycles. The summed E-state index contributed by atoms with van der Waals surface area (Å²) in [4.78, 5) is 83.0. The highest BCUT2D eigenvalue weighted by Gasteiger charge is 2.36. The molecule has 2 aliphatic heterocycles. The highest BCUT2D eigenvalue weighted by molar-refractivity contribution is 6.07. The van der Waals surface area contributed by atoms with Gasteiger partial charge in [0.25, 0.3) is 0 Å². The average Bonchev–Trinajstić information content (AvgIpc) is 4.22. The van der Waals surface area contributed by atoms with Crippen LogP contribution in [0.2, 0.25) is 0 Å². The van der Waals surface area contributed by atoms with E-state index in [1.165, 1.54) is 20.8 Å². The zero-order valence-corrected chi connectivity index (χ0v) is 39.7. The van der Waals surface area contributed by atoms with Gasteiger partial charge >= 0.3 is 5.97 Å². The lowest BCUT2D eigenvalue weighted by atomic mass is 9.78. The number of carbonyl (C=O) groups excluding carboxylic acids is 4. The largest absolute Gasteiger partial charge is 0.481 e. The Morgan fingerprint density at radius 1 is 0.431 bits per heavy atom. The lowest BCUT2D eigenvalue weighted by molar-refractivity contribution is -0.147. The van der Waals surface area contributed by atoms with Crippen molar-refractivity contribution in [1.29, 1.82) is 0 Å². The highest BCUT2D eigenvalue weighted by Crippen LogP contribution is 2.43. The number of hydrogen-bond donors (Lipinski definition) is 7. The van der Waals surface area contributed by atoms with E-state index in [4.69, 9.17) is 9.97 Å². The first-order chi connectivity index (χ1) is 34.9. The Balaban J connectivity index is 1.34. The summed E-state index contributed by atoms with van der Waals surface area (Å²) in [6.45, 7) is 4.38. The third-order valence-corrected chi connectivity index (χ3v) is 13.1. The Labute approximate surface area is 414 Å². The topological polar surface area (TPSA) is 211 Å². The maximum Gasteiger partial charge on any atom is 0.307 e. The third kappa shape index (κ3) is 9.20. The molecule has 10 rings (SSSR count). The summed E-state index contributed by atoms with van der Waals surface area (Å²) in [5.74, 6) is -3.60. The highest BCUT2D eigenvalue weighted by atomic mass is 16.4. The number of carbonyl (C=O) groups is 5. The van der Waals surface area contributed by atoms with Crippen molar-refractivity contribution in [2.24, 2.45) is 11.8 Å². The van der Waals surface area contributed by atoms with Gasteiger partial charge in [-0.2, -0.15) is 0 Å². The standard InChI is InChI=1S/C58H50N8O6/c1-32(67)59-41-20-10-6-16-37(41)53-45-24-26-47(62-45)54(38-17-7-11-21-42(38)60-33(2)68)49-28-30-51(64-49)56(40-19-9-13-23-44(40)66-57(70)35-14-4-5-15-36(35)58(71)72)52-31-29-50(65-52)55(48-27-25-46(53)63-48)39-18-8-12-22-43(39)61-34(3)69/h6-13,16-31,35-36,62,65H,4-5,14-15H2,1-3H3,(H,59,67)(H,60,68)(H,61,69)(H,66,70)(H,71,72)/t35-,36-/m0/s1. The van der Waals surface area contributed by atoms with Crippen LogP contribution in [0.15, 0.2) is 121 Å². The first kappa shape index (κ1) is 46.6. The number of aromatic amines is 2. The molecule has 2 atom stereocenters. The molecule has 0 unspecified atom stereocenters. The van der Waals surface area contributed by atoms with Crippen molar-refractivity contribution in [3.8, 4) is 44.5 Å². The molecule has 4 amide bonds. The number of carboxylic acid groups (broad SMARTS) is 1. The molecule has 14 heteroatoms. The van der Waals surface area contributed by atoms with Gasteiger partial charge in [0.15, 0.2) is 0 Å². The molecule has 3 aliphatic rings. The fraction of sp³-hybridized carbons (Fsp3) is 0.155. The van der Waals surface area contributed by atoms with Crippen LogP contribution in [-0.4, -0.2) is 54.6 Å². The molecule has 0 saturated heterocycles. The lowest BCUT2D eigenvalue weighted by Crippen LogP contribution is -2.36. The Morgan fingerprint density at radius 3 is 1.03 bits per heavy atom. The van der Waals surface area contributed by atoms with Gasteiger partial charge in [0, 0.05) is 110 Å². The quantitative estimate of drug-likeness (QED) is 0.0699. The molecule has 0 spiro atoms. The number of fused-ring (bicyclic) bond motifs is 8. The minimum atomic E-state index is -0.980. The number of para-hydroxylation sites is 4. The zero-order valence-electron chi connectivity index (χ0n) is 39.7. The second-order valence-corrected chi connectivity index (χ2v) is 18.1. The van der Waals surface area contributed by atoms with Crippen LogP contribution in [0.5, 0.6) is 0 Å². The molecule has 14 nitrogen and oxygen atoms in total. The maximum absolute atomic E-state index is 14.2. The summed E-state index contributed by atoms with van der Waals surface area (Å²) in [6, 6.07) is 37.8. The molecule has 7 aromatic rings. The van der Waals surface area contributed by atoms with E-state index in [0.29, 0.717) is 125 Å². The first-order valence-corrected chi connectivity index (χ1v) is 23.8. The number of rotatable bonds is 10. The molecule has 1 aliphatic carbocycles. The van der Waals surface area contributed by atoms with Gasteiger partial charge in [-0.25, -0.2) is 9.97 Å². The van der Waals surface area contributed by atoms with Gasteiger partial charge in [0.1, 0.15) is 0 Å². The Kier molecular flexibility index (Phi) is 12.7. The molecule has 8 bridgehead atoms. The maximum atomic E-state index is 14.2. The number of nitrogens with zero attached hydrogens (tertiary/aromatic N) is 2. The van der Waals surface area contributed by atoms with Gasteiger partial charge < -0.3 is 36.3 Å². The average molecular weight is 955 g/mol. The van der Waals surface area contributed by atoms with E-state index in [-0.39, 0.29) is 23.6 Å². The van der Waals surface area contributed by atoms with Crippen molar-refractivity contribution >= 4 is 98.7 Å². The summed E-state index contributed by atoms with van der Waals surface area (Å²) >= 11 is 0. The molecule has 5 heterocycles. The summed E-state index contributed by atoms with van der Waals surface area (Å²) < 4.78 is 0. The molecule has 4 aromatic carbocycles. The molecule has 1 fully saturated rings. The molecule has 0 radical (unpaired) electrons. The van der Waals surface area contributed by atoms with Crippen LogP contribution < -0.4 is 21.3 Å². The van der Waals surface area contributed by atoms with Crippen molar-refractivity contribution < 1.29 is 29.1 Å². The van der Waals surface area contributed by atoms with Crippen molar-refractivity contribution in [2.75, 3.05) is 21.3 Å². The van der Waals surface area contributed by atoms with Crippen molar-refractivity contribution in [3.63, 3.8) is 0 Å². The fourth-order valence-electron chi connectivity index (χ4n) is 10.1. The van der Waals surface area contributed by atoms with E-state index in [9.17, 15) is 29.1 Å². The van der Waals surface area contributed by atoms with Crippen LogP contribution in [0.4, 0.5) is 22.7 Å². The van der Waals surface area contributed by atoms with Crippen molar-refractivity contribution in [2.45, 2.75) is 46.5 Å². The number of benzene rings is 4. The second-order valence-electron chi connectivity index (χ2n) is 18.1. The zero-order chi connectivity index (χ0) is 50.0. The number of H-pyrrole nitrogens is 2. The van der Waals surface area contributed by atoms with Gasteiger partial charge in [0.05, 0.1) is 34.6 Å². The monoisotopic (exact) mass is 954 g/mol. The van der Waals surface area contributed by atoms with Crippen LogP contribution in [-0.2, 0) is 24.0 Å². The number of carboxylic acids is 1. The van der Waals surface area contributed by atoms with Gasteiger partial charge in [-0.15, -0.1) is 0 Å². The predicted octanol–water partition coefficient (Wildman–Crippen LogP) is 12.0. The van der Waals surface area contributed by atoms with Gasteiger partial charge in [0.2, 0.25) is 23.6 Å². The van der Waals surface area contributed by atoms with Gasteiger partial charge in [-0.05, 0) is 85.7 Å². The number of aromatic nitrogens is 4. The number of anilines is 4. The molecular formula is C58H50N8O6. The van der Waals surface area contributed by atoms with E-state index in [1.54, 1.807) is 0 Å². The SMILES string of the molecule is CC(=O)Nc1ccccc1-c1c2nc(c(-c3ccccc3NC(C)=O)c3ccc([nH]3)c(-c3ccccc3NC(=O)[C@H]3CCCC[C@@H]3C(=O)O)c3nc(c(-c4ccccc4NC(C)=O)c4ccc1[nH]4)C=C3)C=C2. The smallest absolute Gasteiger partial charge is 0.307 e. The van der Waals surface area contributed by atoms with E-state index in [1.807, 2.05) is 146 Å². The first-order valence-electron chi connectivity index (χ1n) is 23.8. The second kappa shape index (κ2) is 19.7. The predicted molar refractivity (Wildman–Crippen MR) is 285 cm³/mol. The summed E-state index contributed by atoms with van der Waals surface area (Å²) in [5, 5.41) is 22.3. The van der Waals surface area contributed by atoms with Crippen molar-refractivity contribution in [1.82, 2.24) is 19.9 Å². The molecule has 1 saturated carbocycles. The van der Waals surface area contributed by atoms with Crippen LogP contribution in [0.1, 0.15) is 69.2 Å². The van der Waals surface area contributed by atoms with Crippen molar-refractivity contribution in [3.05, 3.63) is 144 Å². The molecule has 358 valence electrons. The summed E-state index contributed by atoms with van der Waals surface area (Å²) in [7, 11) is 0. The Morgan fingerprint density at radius 2 is 0.722 bits per heavy atom. The lowest BCUT2D eigenvalue weighted by Gasteiger charge is -2.27. The van der Waals surface area contributed by atoms with Gasteiger partial charge in [-0.1, -0.05) is 85.6 Å².